The zero-order valence-corrected chi connectivity index (χ0v) is 20.5. The van der Waals surface area contributed by atoms with Gasteiger partial charge in [-0.25, -0.2) is 0 Å². The van der Waals surface area contributed by atoms with Crippen molar-refractivity contribution in [1.82, 2.24) is 0 Å². The lowest BCUT2D eigenvalue weighted by atomic mass is 9.86. The second kappa shape index (κ2) is 16.0. The van der Waals surface area contributed by atoms with E-state index in [1.807, 2.05) is 6.92 Å². The molecule has 0 heterocycles. The number of rotatable bonds is 17. The first kappa shape index (κ1) is 30.2. The second-order valence-corrected chi connectivity index (χ2v) is 7.84. The summed E-state index contributed by atoms with van der Waals surface area (Å²) in [6.45, 7) is 11.5. The topological polar surface area (TPSA) is 127 Å². The maximum atomic E-state index is 11.8. The zero-order valence-electron chi connectivity index (χ0n) is 20.5. The quantitative estimate of drug-likeness (QED) is 0.253. The van der Waals surface area contributed by atoms with E-state index in [-0.39, 0.29) is 13.2 Å². The smallest absolute Gasteiger partial charge is 0.308 e. The monoisotopic (exact) mass is 464 g/mol. The zero-order chi connectivity index (χ0) is 24.8. The molecule has 0 rings (SSSR count). The summed E-state index contributed by atoms with van der Waals surface area (Å²) >= 11 is 0. The number of esters is 2. The number of carboxylic acids is 1. The van der Waals surface area contributed by atoms with Crippen molar-refractivity contribution in [2.75, 3.05) is 20.5 Å². The molecule has 0 aromatic heterocycles. The van der Waals surface area contributed by atoms with Crippen LogP contribution in [0, 0.1) is 11.8 Å². The molecule has 0 aliphatic heterocycles. The molecular weight excluding hydrogens is 424 g/mol. The molecule has 188 valence electrons. The number of methoxy groups -OCH3 is 1. The van der Waals surface area contributed by atoms with E-state index in [2.05, 4.69) is 0 Å². The van der Waals surface area contributed by atoms with Crippen molar-refractivity contribution < 1.29 is 47.9 Å². The van der Waals surface area contributed by atoms with E-state index in [1.165, 1.54) is 27.9 Å². The van der Waals surface area contributed by atoms with Crippen LogP contribution in [-0.4, -0.2) is 74.2 Å². The van der Waals surface area contributed by atoms with Crippen LogP contribution in [0.1, 0.15) is 61.3 Å². The third kappa shape index (κ3) is 12.3. The predicted octanol–water partition coefficient (Wildman–Crippen LogP) is 2.76. The fourth-order valence-electron chi connectivity index (χ4n) is 3.55. The molecule has 32 heavy (non-hydrogen) atoms. The molecule has 1 unspecified atom stereocenters. The van der Waals surface area contributed by atoms with Crippen molar-refractivity contribution in [2.24, 2.45) is 11.8 Å². The summed E-state index contributed by atoms with van der Waals surface area (Å²) in [5.74, 6) is -3.35. The third-order valence-corrected chi connectivity index (χ3v) is 4.93. The molecule has 0 aromatic rings. The van der Waals surface area contributed by atoms with Crippen LogP contribution in [0.3, 0.4) is 0 Å². The van der Waals surface area contributed by atoms with E-state index in [9.17, 15) is 19.5 Å². The van der Waals surface area contributed by atoms with Gasteiger partial charge in [-0.05, 0) is 27.7 Å². The summed E-state index contributed by atoms with van der Waals surface area (Å²) in [5, 5.41) is 9.51. The molecule has 0 amide bonds. The van der Waals surface area contributed by atoms with E-state index in [0.717, 1.165) is 0 Å². The number of carbonyl (C=O) groups is 3. The van der Waals surface area contributed by atoms with Crippen molar-refractivity contribution in [3.05, 3.63) is 0 Å². The van der Waals surface area contributed by atoms with Gasteiger partial charge in [0.25, 0.3) is 0 Å². The highest BCUT2D eigenvalue weighted by Gasteiger charge is 2.37. The first-order valence-electron chi connectivity index (χ1n) is 10.9. The van der Waals surface area contributed by atoms with E-state index in [0.29, 0.717) is 13.0 Å². The van der Waals surface area contributed by atoms with Crippen LogP contribution in [0.2, 0.25) is 0 Å². The average molecular weight is 465 g/mol. The lowest BCUT2D eigenvalue weighted by molar-refractivity contribution is -0.187. The molecule has 0 fully saturated rings. The predicted molar refractivity (Wildman–Crippen MR) is 115 cm³/mol. The van der Waals surface area contributed by atoms with Gasteiger partial charge in [0.1, 0.15) is 19.0 Å². The van der Waals surface area contributed by atoms with Crippen LogP contribution < -0.4 is 0 Å². The summed E-state index contributed by atoms with van der Waals surface area (Å²) in [7, 11) is 1.44. The van der Waals surface area contributed by atoms with Gasteiger partial charge in [-0.3, -0.25) is 14.4 Å². The Balaban J connectivity index is 5.73. The van der Waals surface area contributed by atoms with E-state index < -0.39 is 60.4 Å². The van der Waals surface area contributed by atoms with Crippen LogP contribution in [0.5, 0.6) is 0 Å². The Bertz CT molecular complexity index is 567. The van der Waals surface area contributed by atoms with Gasteiger partial charge in [0.2, 0.25) is 0 Å². The van der Waals surface area contributed by atoms with E-state index in [4.69, 9.17) is 28.4 Å². The summed E-state index contributed by atoms with van der Waals surface area (Å²) < 4.78 is 32.8. The Morgan fingerprint density at radius 2 is 1.50 bits per heavy atom. The fraction of sp³-hybridized carbons (Fsp3) is 0.864. The summed E-state index contributed by atoms with van der Waals surface area (Å²) in [6.07, 6.45) is -2.44. The van der Waals surface area contributed by atoms with E-state index in [1.54, 1.807) is 20.8 Å². The Hall–Kier alpha value is -1.75. The van der Waals surface area contributed by atoms with Gasteiger partial charge in [0.15, 0.2) is 6.29 Å². The molecule has 0 saturated carbocycles. The molecule has 10 nitrogen and oxygen atoms in total. The van der Waals surface area contributed by atoms with Crippen molar-refractivity contribution in [3.8, 4) is 0 Å². The summed E-state index contributed by atoms with van der Waals surface area (Å²) in [4.78, 5) is 34.8. The summed E-state index contributed by atoms with van der Waals surface area (Å²) in [6, 6.07) is 0. The average Bonchev–Trinajstić information content (AvgIpc) is 2.66. The maximum Gasteiger partial charge on any atom is 0.308 e. The van der Waals surface area contributed by atoms with Gasteiger partial charge in [-0.15, -0.1) is 0 Å². The normalized spacial score (nSPS) is 18.0. The van der Waals surface area contributed by atoms with Crippen molar-refractivity contribution >= 4 is 17.9 Å². The van der Waals surface area contributed by atoms with Crippen LogP contribution in [0.15, 0.2) is 0 Å². The fourth-order valence-corrected chi connectivity index (χ4v) is 3.55. The second-order valence-electron chi connectivity index (χ2n) is 7.84. The minimum Gasteiger partial charge on any atom is -0.481 e. The molecule has 7 atom stereocenters. The van der Waals surface area contributed by atoms with E-state index >= 15 is 0 Å². The van der Waals surface area contributed by atoms with Crippen LogP contribution in [-0.2, 0) is 42.8 Å². The van der Waals surface area contributed by atoms with Gasteiger partial charge in [0, 0.05) is 46.3 Å². The molecule has 0 saturated heterocycles. The van der Waals surface area contributed by atoms with Crippen LogP contribution in [0.25, 0.3) is 0 Å². The van der Waals surface area contributed by atoms with Crippen molar-refractivity contribution in [2.45, 2.75) is 92.0 Å². The standard InChI is InChI=1S/C22H40O10/c1-9-28-18(7)32-19(10-13(2)30-16(5)23)11-20(31-17(6)24)14(3)21(29-12-27-8)15(4)22(25)26/h13-15,18-21H,9-12H2,1-8H3,(H,25,26)/t13-,14+,15+,18?,19+,20+,21+/m1/s1. The molecule has 0 bridgehead atoms. The maximum absolute atomic E-state index is 11.8. The molecule has 0 aliphatic rings. The van der Waals surface area contributed by atoms with Crippen LogP contribution in [0.4, 0.5) is 0 Å². The first-order chi connectivity index (χ1) is 14.9. The van der Waals surface area contributed by atoms with Gasteiger partial charge in [-0.1, -0.05) is 6.92 Å². The Kier molecular flexibility index (Phi) is 15.1. The number of hydrogen-bond acceptors (Lipinski definition) is 9. The minimum absolute atomic E-state index is 0.107. The SMILES string of the molecule is CCOC(C)O[C@@H](C[C@@H](C)OC(C)=O)C[C@H](OC(C)=O)[C@H](C)[C@H](OCOC)[C@H](C)C(=O)O. The summed E-state index contributed by atoms with van der Waals surface area (Å²) in [5.41, 5.74) is 0. The molecule has 0 aromatic carbocycles. The lowest BCUT2D eigenvalue weighted by Crippen LogP contribution is -2.43. The molecule has 0 aliphatic carbocycles. The highest BCUT2D eigenvalue weighted by atomic mass is 16.7. The molecule has 10 heteroatoms. The highest BCUT2D eigenvalue weighted by molar-refractivity contribution is 5.70. The molecule has 1 N–H and O–H groups in total. The largest absolute Gasteiger partial charge is 0.481 e. The number of carbonyl (C=O) groups excluding carboxylic acids is 2. The van der Waals surface area contributed by atoms with Crippen molar-refractivity contribution in [3.63, 3.8) is 0 Å². The Labute approximate surface area is 190 Å². The minimum atomic E-state index is -1.04. The number of carboxylic acid groups (broad SMARTS) is 1. The number of hydrogen-bond donors (Lipinski definition) is 1. The highest BCUT2D eigenvalue weighted by Crippen LogP contribution is 2.28. The van der Waals surface area contributed by atoms with Gasteiger partial charge in [-0.2, -0.15) is 0 Å². The number of aliphatic carboxylic acids is 1. The van der Waals surface area contributed by atoms with Crippen molar-refractivity contribution in [1.29, 1.82) is 0 Å². The Morgan fingerprint density at radius 3 is 1.97 bits per heavy atom. The first-order valence-corrected chi connectivity index (χ1v) is 10.9. The van der Waals surface area contributed by atoms with Gasteiger partial charge < -0.3 is 33.5 Å². The molecule has 0 radical (unpaired) electrons. The lowest BCUT2D eigenvalue weighted by Gasteiger charge is -2.35. The Morgan fingerprint density at radius 1 is 0.906 bits per heavy atom. The van der Waals surface area contributed by atoms with Gasteiger partial charge >= 0.3 is 17.9 Å². The number of ether oxygens (including phenoxy) is 6. The molecular formula is C22H40O10. The van der Waals surface area contributed by atoms with Gasteiger partial charge in [0.05, 0.1) is 18.1 Å². The van der Waals surface area contributed by atoms with Crippen LogP contribution >= 0.6 is 0 Å². The molecule has 0 spiro atoms. The third-order valence-electron chi connectivity index (χ3n) is 4.93.